The van der Waals surface area contributed by atoms with Gasteiger partial charge < -0.3 is 4.55 Å². The fraction of sp³-hybridized carbons (Fsp3) is 0.611. The van der Waals surface area contributed by atoms with Gasteiger partial charge in [-0.3, -0.25) is 4.79 Å². The van der Waals surface area contributed by atoms with Gasteiger partial charge in [0, 0.05) is 5.92 Å². The summed E-state index contributed by atoms with van der Waals surface area (Å²) in [5.74, 6) is 4.69. The van der Waals surface area contributed by atoms with Crippen molar-refractivity contribution in [3.8, 4) is 0 Å². The summed E-state index contributed by atoms with van der Waals surface area (Å²) in [6.07, 6.45) is 7.72. The van der Waals surface area contributed by atoms with Crippen molar-refractivity contribution < 1.29 is 17.8 Å². The second-order valence-electron chi connectivity index (χ2n) is 6.59. The number of carbonyl (C=O) groups is 1. The maximum Gasteiger partial charge on any atom is 0.184 e. The predicted octanol–water partition coefficient (Wildman–Crippen LogP) is 3.06. The molecule has 6 heteroatoms. The van der Waals surface area contributed by atoms with Gasteiger partial charge in [0.1, 0.15) is 21.6 Å². The maximum atomic E-state index is 11.8. The van der Waals surface area contributed by atoms with Crippen LogP contribution in [0.3, 0.4) is 0 Å². The fourth-order valence-corrected chi connectivity index (χ4v) is 5.96. The van der Waals surface area contributed by atoms with E-state index < -0.39 is 10.1 Å². The number of ketones is 1. The third-order valence-corrected chi connectivity index (χ3v) is 7.86. The molecule has 1 aliphatic carbocycles. The molecular formula is C18H26O4S2. The lowest BCUT2D eigenvalue weighted by molar-refractivity contribution is -0.120. The van der Waals surface area contributed by atoms with Crippen LogP contribution in [0.2, 0.25) is 0 Å². The lowest BCUT2D eigenvalue weighted by Crippen LogP contribution is -2.23. The van der Waals surface area contributed by atoms with E-state index in [1.54, 1.807) is 12.1 Å². The highest BCUT2D eigenvalue weighted by Gasteiger charge is 2.31. The Balaban J connectivity index is 0.000000177. The van der Waals surface area contributed by atoms with Crippen molar-refractivity contribution in [3.05, 3.63) is 29.8 Å². The Kier molecular flexibility index (Phi) is 7.32. The standard InChI is InChI=1S/C11H19OS.C7H8O3S/c12-11(10-5-1-2-6-10)9-13-7-3-4-8-13;1-6-2-4-7(5-3-6)11(8,9)10/h10H,1-9H2;2-5H,1H3,(H,8,9,10)/q+1;/p-1. The summed E-state index contributed by atoms with van der Waals surface area (Å²) in [7, 11) is -3.77. The molecule has 0 aromatic heterocycles. The highest BCUT2D eigenvalue weighted by molar-refractivity contribution is 7.97. The van der Waals surface area contributed by atoms with E-state index in [1.807, 2.05) is 6.92 Å². The first kappa shape index (κ1) is 19.5. The number of hydrogen-bond donors (Lipinski definition) is 0. The van der Waals surface area contributed by atoms with Gasteiger partial charge in [0.2, 0.25) is 0 Å². The van der Waals surface area contributed by atoms with Gasteiger partial charge >= 0.3 is 0 Å². The summed E-state index contributed by atoms with van der Waals surface area (Å²) in [6, 6.07) is 5.78. The molecule has 2 aliphatic rings. The van der Waals surface area contributed by atoms with E-state index in [4.69, 9.17) is 0 Å². The lowest BCUT2D eigenvalue weighted by Gasteiger charge is -2.06. The molecule has 0 radical (unpaired) electrons. The molecule has 0 atom stereocenters. The van der Waals surface area contributed by atoms with Crippen LogP contribution in [-0.2, 0) is 25.8 Å². The van der Waals surface area contributed by atoms with Crippen molar-refractivity contribution in [1.82, 2.24) is 0 Å². The SMILES string of the molecule is Cc1ccc(S(=O)(=O)[O-])cc1.O=C(C[S+]1CCCC1)C1CCCC1. The minimum absolute atomic E-state index is 0.178. The zero-order chi connectivity index (χ0) is 17.6. The second-order valence-corrected chi connectivity index (χ2v) is 10.3. The molecule has 0 unspecified atom stereocenters. The highest BCUT2D eigenvalue weighted by atomic mass is 32.2. The van der Waals surface area contributed by atoms with Crippen molar-refractivity contribution in [1.29, 1.82) is 0 Å². The van der Waals surface area contributed by atoms with E-state index in [0.29, 0.717) is 22.6 Å². The number of Topliss-reactive ketones (excluding diaryl/α,β-unsaturated/α-hetero) is 1. The number of benzene rings is 1. The molecule has 0 spiro atoms. The van der Waals surface area contributed by atoms with Crippen LogP contribution in [0, 0.1) is 12.8 Å². The first-order valence-electron chi connectivity index (χ1n) is 8.55. The molecule has 4 nitrogen and oxygen atoms in total. The molecule has 134 valence electrons. The summed E-state index contributed by atoms with van der Waals surface area (Å²) in [6.45, 7) is 1.82. The van der Waals surface area contributed by atoms with Crippen LogP contribution in [0.15, 0.2) is 29.2 Å². The largest absolute Gasteiger partial charge is 0.744 e. The van der Waals surface area contributed by atoms with Crippen molar-refractivity contribution in [2.75, 3.05) is 17.3 Å². The van der Waals surface area contributed by atoms with Gasteiger partial charge in [-0.25, -0.2) is 8.42 Å². The van der Waals surface area contributed by atoms with Crippen LogP contribution in [0.1, 0.15) is 44.1 Å². The first-order valence-corrected chi connectivity index (χ1v) is 11.7. The quantitative estimate of drug-likeness (QED) is 0.603. The van der Waals surface area contributed by atoms with Crippen LogP contribution in [0.25, 0.3) is 0 Å². The van der Waals surface area contributed by atoms with E-state index in [2.05, 4.69) is 0 Å². The van der Waals surface area contributed by atoms with Crippen molar-refractivity contribution in [2.24, 2.45) is 5.92 Å². The summed E-state index contributed by atoms with van der Waals surface area (Å²) < 4.78 is 31.2. The molecule has 3 rings (SSSR count). The lowest BCUT2D eigenvalue weighted by atomic mass is 10.0. The fourth-order valence-electron chi connectivity index (χ4n) is 3.13. The Morgan fingerprint density at radius 2 is 1.62 bits per heavy atom. The van der Waals surface area contributed by atoms with Crippen LogP contribution in [-0.4, -0.2) is 36.0 Å². The van der Waals surface area contributed by atoms with Crippen molar-refractivity contribution >= 4 is 26.8 Å². The van der Waals surface area contributed by atoms with Gasteiger partial charge in [-0.05, 0) is 55.6 Å². The normalized spacial score (nSPS) is 19.1. The number of carbonyl (C=O) groups excluding carboxylic acids is 1. The van der Waals surface area contributed by atoms with E-state index in [0.717, 1.165) is 11.3 Å². The van der Waals surface area contributed by atoms with Crippen LogP contribution >= 0.6 is 0 Å². The summed E-state index contributed by atoms with van der Waals surface area (Å²) >= 11 is 0. The van der Waals surface area contributed by atoms with Crippen LogP contribution in [0.5, 0.6) is 0 Å². The zero-order valence-electron chi connectivity index (χ0n) is 14.2. The van der Waals surface area contributed by atoms with Gasteiger partial charge in [-0.2, -0.15) is 0 Å². The Hall–Kier alpha value is -0.850. The Labute approximate surface area is 148 Å². The summed E-state index contributed by atoms with van der Waals surface area (Å²) in [4.78, 5) is 11.6. The van der Waals surface area contributed by atoms with E-state index in [9.17, 15) is 17.8 Å². The number of aryl methyl sites for hydroxylation is 1. The van der Waals surface area contributed by atoms with Crippen molar-refractivity contribution in [3.63, 3.8) is 0 Å². The zero-order valence-corrected chi connectivity index (χ0v) is 15.8. The maximum absolute atomic E-state index is 11.8. The molecule has 0 amide bonds. The monoisotopic (exact) mass is 370 g/mol. The van der Waals surface area contributed by atoms with Crippen LogP contribution < -0.4 is 0 Å². The molecule has 1 aliphatic heterocycles. The highest BCUT2D eigenvalue weighted by Crippen LogP contribution is 2.27. The van der Waals surface area contributed by atoms with E-state index >= 15 is 0 Å². The molecule has 2 fully saturated rings. The molecule has 24 heavy (non-hydrogen) atoms. The van der Waals surface area contributed by atoms with Crippen LogP contribution in [0.4, 0.5) is 0 Å². The molecule has 1 aromatic carbocycles. The summed E-state index contributed by atoms with van der Waals surface area (Å²) in [5.41, 5.74) is 0.928. The van der Waals surface area contributed by atoms with Gasteiger partial charge in [0.05, 0.1) is 4.90 Å². The molecule has 1 aromatic rings. The topological polar surface area (TPSA) is 74.3 Å². The Morgan fingerprint density at radius 1 is 1.08 bits per heavy atom. The second kappa shape index (κ2) is 9.02. The predicted molar refractivity (Wildman–Crippen MR) is 97.3 cm³/mol. The van der Waals surface area contributed by atoms with E-state index in [-0.39, 0.29) is 4.90 Å². The molecule has 1 heterocycles. The van der Waals surface area contributed by atoms with Crippen molar-refractivity contribution in [2.45, 2.75) is 50.3 Å². The first-order chi connectivity index (χ1) is 11.4. The van der Waals surface area contributed by atoms with E-state index in [1.165, 1.54) is 62.2 Å². The Morgan fingerprint density at radius 3 is 2.12 bits per heavy atom. The average Bonchev–Trinajstić information content (AvgIpc) is 3.20. The average molecular weight is 371 g/mol. The van der Waals surface area contributed by atoms with Gasteiger partial charge in [0.25, 0.3) is 0 Å². The van der Waals surface area contributed by atoms with Gasteiger partial charge in [-0.1, -0.05) is 30.5 Å². The molecule has 1 saturated carbocycles. The molecule has 0 bridgehead atoms. The molecular weight excluding hydrogens is 344 g/mol. The van der Waals surface area contributed by atoms with Gasteiger partial charge in [-0.15, -0.1) is 0 Å². The molecule has 0 N–H and O–H groups in total. The number of rotatable bonds is 4. The third-order valence-electron chi connectivity index (χ3n) is 4.58. The minimum Gasteiger partial charge on any atom is -0.744 e. The number of hydrogen-bond acceptors (Lipinski definition) is 4. The smallest absolute Gasteiger partial charge is 0.184 e. The minimum atomic E-state index is -4.27. The molecule has 1 saturated heterocycles. The summed E-state index contributed by atoms with van der Waals surface area (Å²) in [5, 5.41) is 0. The third kappa shape index (κ3) is 6.22. The van der Waals surface area contributed by atoms with Gasteiger partial charge in [0.15, 0.2) is 11.5 Å². The Bertz CT molecular complexity index is 625.